The standard InChI is InChI=1S/C11H16ClN3O2S/c1-18(16,17)15-6-4-14(5-7-15)9-10-2-3-11(12)13-8-10/h2-3,8H,4-7,9H2,1H3. The van der Waals surface area contributed by atoms with Gasteiger partial charge in [0.1, 0.15) is 5.15 Å². The van der Waals surface area contributed by atoms with Crippen LogP contribution in [0.4, 0.5) is 0 Å². The van der Waals surface area contributed by atoms with Crippen LogP contribution in [0.5, 0.6) is 0 Å². The summed E-state index contributed by atoms with van der Waals surface area (Å²) in [7, 11) is -3.05. The third-order valence-electron chi connectivity index (χ3n) is 3.00. The molecule has 1 aromatic heterocycles. The smallest absolute Gasteiger partial charge is 0.211 e. The summed E-state index contributed by atoms with van der Waals surface area (Å²) in [6.07, 6.45) is 3.01. The van der Waals surface area contributed by atoms with Crippen LogP contribution in [0.1, 0.15) is 5.56 Å². The SMILES string of the molecule is CS(=O)(=O)N1CCN(Cc2ccc(Cl)nc2)CC1. The molecule has 0 unspecified atom stereocenters. The van der Waals surface area contributed by atoms with Crippen molar-refractivity contribution in [2.24, 2.45) is 0 Å². The number of rotatable bonds is 3. The van der Waals surface area contributed by atoms with Crippen molar-refractivity contribution in [1.82, 2.24) is 14.2 Å². The molecule has 0 spiro atoms. The Morgan fingerprint density at radius 3 is 2.44 bits per heavy atom. The van der Waals surface area contributed by atoms with E-state index in [0.29, 0.717) is 18.2 Å². The second-order valence-electron chi connectivity index (χ2n) is 4.43. The number of piperazine rings is 1. The van der Waals surface area contributed by atoms with Crippen molar-refractivity contribution in [2.45, 2.75) is 6.54 Å². The summed E-state index contributed by atoms with van der Waals surface area (Å²) in [6, 6.07) is 3.71. The summed E-state index contributed by atoms with van der Waals surface area (Å²) >= 11 is 5.73. The maximum absolute atomic E-state index is 11.4. The van der Waals surface area contributed by atoms with E-state index in [1.807, 2.05) is 6.07 Å². The number of sulfonamides is 1. The highest BCUT2D eigenvalue weighted by molar-refractivity contribution is 7.88. The van der Waals surface area contributed by atoms with Crippen LogP contribution in [0, 0.1) is 0 Å². The molecule has 0 N–H and O–H groups in total. The van der Waals surface area contributed by atoms with Crippen LogP contribution < -0.4 is 0 Å². The fourth-order valence-electron chi connectivity index (χ4n) is 1.98. The number of hydrogen-bond acceptors (Lipinski definition) is 4. The molecule has 2 heterocycles. The molecule has 2 rings (SSSR count). The second kappa shape index (κ2) is 5.52. The van der Waals surface area contributed by atoms with Crippen molar-refractivity contribution in [3.05, 3.63) is 29.0 Å². The van der Waals surface area contributed by atoms with E-state index in [4.69, 9.17) is 11.6 Å². The van der Waals surface area contributed by atoms with Crippen molar-refractivity contribution < 1.29 is 8.42 Å². The molecule has 0 atom stereocenters. The van der Waals surface area contributed by atoms with Crippen LogP contribution in [0.2, 0.25) is 5.15 Å². The zero-order valence-corrected chi connectivity index (χ0v) is 11.8. The normalized spacial score (nSPS) is 19.0. The summed E-state index contributed by atoms with van der Waals surface area (Å²) in [6.45, 7) is 3.38. The van der Waals surface area contributed by atoms with Gasteiger partial charge in [-0.05, 0) is 11.6 Å². The molecule has 18 heavy (non-hydrogen) atoms. The Morgan fingerprint density at radius 1 is 1.28 bits per heavy atom. The fourth-order valence-corrected chi connectivity index (χ4v) is 2.92. The molecule has 1 fully saturated rings. The molecule has 100 valence electrons. The molecule has 7 heteroatoms. The Balaban J connectivity index is 1.89. The van der Waals surface area contributed by atoms with E-state index in [2.05, 4.69) is 9.88 Å². The maximum atomic E-state index is 11.4. The highest BCUT2D eigenvalue weighted by Crippen LogP contribution is 2.11. The van der Waals surface area contributed by atoms with Gasteiger partial charge in [-0.15, -0.1) is 0 Å². The molecule has 1 aliphatic heterocycles. The molecule has 5 nitrogen and oxygen atoms in total. The molecule has 0 saturated carbocycles. The molecule has 0 radical (unpaired) electrons. The predicted molar refractivity (Wildman–Crippen MR) is 70.9 cm³/mol. The minimum Gasteiger partial charge on any atom is -0.296 e. The fraction of sp³-hybridized carbons (Fsp3) is 0.545. The topological polar surface area (TPSA) is 53.5 Å². The molecule has 0 aliphatic carbocycles. The van der Waals surface area contributed by atoms with Gasteiger partial charge in [0.2, 0.25) is 10.0 Å². The minimum atomic E-state index is -3.05. The first kappa shape index (κ1) is 13.7. The highest BCUT2D eigenvalue weighted by atomic mass is 35.5. The monoisotopic (exact) mass is 289 g/mol. The van der Waals surface area contributed by atoms with Crippen LogP contribution in [-0.2, 0) is 16.6 Å². The van der Waals surface area contributed by atoms with Gasteiger partial charge in [0.05, 0.1) is 6.26 Å². The lowest BCUT2D eigenvalue weighted by Crippen LogP contribution is -2.47. The minimum absolute atomic E-state index is 0.487. The first-order valence-electron chi connectivity index (χ1n) is 5.73. The molecular weight excluding hydrogens is 274 g/mol. The van der Waals surface area contributed by atoms with Crippen LogP contribution in [0.25, 0.3) is 0 Å². The van der Waals surface area contributed by atoms with Gasteiger partial charge in [0, 0.05) is 38.9 Å². The van der Waals surface area contributed by atoms with Gasteiger partial charge < -0.3 is 0 Å². The van der Waals surface area contributed by atoms with Gasteiger partial charge in [0.25, 0.3) is 0 Å². The Bertz CT molecular complexity index is 496. The van der Waals surface area contributed by atoms with Crippen LogP contribution in [-0.4, -0.2) is 55.0 Å². The summed E-state index contributed by atoms with van der Waals surface area (Å²) in [5.74, 6) is 0. The molecule has 1 aliphatic rings. The van der Waals surface area contributed by atoms with Gasteiger partial charge in [-0.1, -0.05) is 17.7 Å². The highest BCUT2D eigenvalue weighted by Gasteiger charge is 2.23. The Labute approximate surface area is 112 Å². The first-order chi connectivity index (χ1) is 8.45. The van der Waals surface area contributed by atoms with Crippen LogP contribution >= 0.6 is 11.6 Å². The number of halogens is 1. The van der Waals surface area contributed by atoms with E-state index in [1.165, 1.54) is 10.6 Å². The number of hydrogen-bond donors (Lipinski definition) is 0. The lowest BCUT2D eigenvalue weighted by atomic mass is 10.2. The maximum Gasteiger partial charge on any atom is 0.211 e. The third kappa shape index (κ3) is 3.65. The summed E-state index contributed by atoms with van der Waals surface area (Å²) in [4.78, 5) is 6.25. The summed E-state index contributed by atoms with van der Waals surface area (Å²) < 4.78 is 24.3. The largest absolute Gasteiger partial charge is 0.296 e. The average molecular weight is 290 g/mol. The van der Waals surface area contributed by atoms with Gasteiger partial charge >= 0.3 is 0 Å². The lowest BCUT2D eigenvalue weighted by Gasteiger charge is -2.33. The van der Waals surface area contributed by atoms with Gasteiger partial charge in [-0.3, -0.25) is 4.90 Å². The van der Waals surface area contributed by atoms with E-state index in [0.717, 1.165) is 25.2 Å². The lowest BCUT2D eigenvalue weighted by molar-refractivity contribution is 0.182. The molecule has 0 bridgehead atoms. The Kier molecular flexibility index (Phi) is 4.21. The van der Waals surface area contributed by atoms with Crippen molar-refractivity contribution >= 4 is 21.6 Å². The molecular formula is C11H16ClN3O2S. The first-order valence-corrected chi connectivity index (χ1v) is 7.96. The Hall–Kier alpha value is -0.690. The van der Waals surface area contributed by atoms with E-state index in [9.17, 15) is 8.42 Å². The molecule has 0 aromatic carbocycles. The van der Waals surface area contributed by atoms with Crippen LogP contribution in [0.3, 0.4) is 0 Å². The summed E-state index contributed by atoms with van der Waals surface area (Å²) in [5, 5.41) is 0.487. The van der Waals surface area contributed by atoms with E-state index >= 15 is 0 Å². The van der Waals surface area contributed by atoms with Gasteiger partial charge in [-0.2, -0.15) is 4.31 Å². The quantitative estimate of drug-likeness (QED) is 0.773. The number of pyridine rings is 1. The van der Waals surface area contributed by atoms with Crippen molar-refractivity contribution in [2.75, 3.05) is 32.4 Å². The average Bonchev–Trinajstić information content (AvgIpc) is 2.32. The van der Waals surface area contributed by atoms with E-state index in [1.54, 1.807) is 12.3 Å². The zero-order valence-electron chi connectivity index (χ0n) is 10.2. The number of aromatic nitrogens is 1. The predicted octanol–water partition coefficient (Wildman–Crippen LogP) is 0.812. The number of nitrogens with zero attached hydrogens (tertiary/aromatic N) is 3. The van der Waals surface area contributed by atoms with Crippen LogP contribution in [0.15, 0.2) is 18.3 Å². The molecule has 1 saturated heterocycles. The van der Waals surface area contributed by atoms with Gasteiger partial charge in [0.15, 0.2) is 0 Å². The Morgan fingerprint density at radius 2 is 1.94 bits per heavy atom. The van der Waals surface area contributed by atoms with E-state index < -0.39 is 10.0 Å². The van der Waals surface area contributed by atoms with Gasteiger partial charge in [-0.25, -0.2) is 13.4 Å². The second-order valence-corrected chi connectivity index (χ2v) is 6.80. The van der Waals surface area contributed by atoms with Crippen molar-refractivity contribution in [1.29, 1.82) is 0 Å². The third-order valence-corrected chi connectivity index (χ3v) is 4.52. The van der Waals surface area contributed by atoms with Crippen molar-refractivity contribution in [3.8, 4) is 0 Å². The zero-order chi connectivity index (χ0) is 13.2. The van der Waals surface area contributed by atoms with E-state index in [-0.39, 0.29) is 0 Å². The molecule has 1 aromatic rings. The molecule has 0 amide bonds. The summed E-state index contributed by atoms with van der Waals surface area (Å²) in [5.41, 5.74) is 1.09. The van der Waals surface area contributed by atoms with Crippen molar-refractivity contribution in [3.63, 3.8) is 0 Å².